The van der Waals surface area contributed by atoms with Gasteiger partial charge in [0.1, 0.15) is 31.3 Å². The van der Waals surface area contributed by atoms with Crippen molar-refractivity contribution in [2.24, 2.45) is 5.73 Å². The van der Waals surface area contributed by atoms with Crippen LogP contribution in [0.15, 0.2) is 34.9 Å². The molecule has 2 aromatic heterocycles. The Morgan fingerprint density at radius 3 is 2.32 bits per heavy atom. The highest BCUT2D eigenvalue weighted by molar-refractivity contribution is 6.91. The number of carbonyl (C=O) groups excluding carboxylic acids is 1. The van der Waals surface area contributed by atoms with Crippen LogP contribution in [0.2, 0.25) is 23.2 Å². The Bertz CT molecular complexity index is 1450. The molecule has 10 heteroatoms. The number of nitrogens with two attached hydrogens (primary N) is 1. The summed E-state index contributed by atoms with van der Waals surface area (Å²) >= 11 is 6.21. The van der Waals surface area contributed by atoms with Gasteiger partial charge in [0.2, 0.25) is 0 Å². The Morgan fingerprint density at radius 2 is 1.70 bits per heavy atom. The Balaban J connectivity index is 1.73. The van der Waals surface area contributed by atoms with Crippen LogP contribution < -0.4 is 11.1 Å². The summed E-state index contributed by atoms with van der Waals surface area (Å²) in [4.78, 5) is 14.6. The maximum atomic E-state index is 15.5. The van der Waals surface area contributed by atoms with E-state index in [0.29, 0.717) is 17.3 Å². The van der Waals surface area contributed by atoms with Crippen LogP contribution >= 0.6 is 11.6 Å². The van der Waals surface area contributed by atoms with Crippen molar-refractivity contribution in [1.82, 2.24) is 10.1 Å². The van der Waals surface area contributed by atoms with Crippen LogP contribution in [0.25, 0.3) is 10.9 Å². The second-order valence-corrected chi connectivity index (χ2v) is 15.0. The van der Waals surface area contributed by atoms with E-state index >= 15 is 4.39 Å². The Hall–Kier alpha value is -3.04. The maximum absolute atomic E-state index is 15.5. The lowest BCUT2D eigenvalue weighted by Crippen LogP contribution is -2.48. The smallest absolute Gasteiger partial charge is 0.270 e. The number of amides is 1. The molecule has 4 rings (SSSR count). The maximum Gasteiger partial charge on any atom is 0.270 e. The molecule has 0 spiro atoms. The number of aryl methyl sites for hydroxylation is 2. The topological polar surface area (TPSA) is 84.9 Å². The number of primary amides is 1. The van der Waals surface area contributed by atoms with Gasteiger partial charge in [0.05, 0.1) is 5.52 Å². The molecular weight excluding hydrogens is 519 g/mol. The fourth-order valence-corrected chi connectivity index (χ4v) is 9.30. The van der Waals surface area contributed by atoms with E-state index in [1.807, 2.05) is 0 Å². The minimum absolute atomic E-state index is 0.0785. The van der Waals surface area contributed by atoms with Crippen molar-refractivity contribution in [3.8, 4) is 0 Å². The molecule has 2 aromatic carbocycles. The van der Waals surface area contributed by atoms with Crippen molar-refractivity contribution in [2.75, 3.05) is 0 Å². The predicted octanol–water partition coefficient (Wildman–Crippen LogP) is 6.42. The fraction of sp³-hybridized carbons (Fsp3) is 0.333. The number of halogens is 4. The molecule has 0 aliphatic carbocycles. The summed E-state index contributed by atoms with van der Waals surface area (Å²) in [6.45, 7) is 6.47. The second-order valence-electron chi connectivity index (χ2n) is 9.39. The average molecular weight is 548 g/mol. The van der Waals surface area contributed by atoms with E-state index in [-0.39, 0.29) is 40.4 Å². The second kappa shape index (κ2) is 10.7. The van der Waals surface area contributed by atoms with E-state index in [1.54, 1.807) is 6.07 Å². The molecule has 0 aliphatic heterocycles. The van der Waals surface area contributed by atoms with Gasteiger partial charge in [-0.1, -0.05) is 55.7 Å². The summed E-state index contributed by atoms with van der Waals surface area (Å²) in [6, 6.07) is 9.53. The summed E-state index contributed by atoms with van der Waals surface area (Å²) in [7, 11) is -1.98. The molecule has 1 amide bonds. The minimum atomic E-state index is -1.98. The molecule has 0 unspecified atom stereocenters. The van der Waals surface area contributed by atoms with E-state index < -0.39 is 31.4 Å². The molecule has 3 N–H and O–H groups in total. The summed E-state index contributed by atoms with van der Waals surface area (Å²) in [6.07, 6.45) is 0.501. The number of benzene rings is 2. The number of hydrogen-bond donors (Lipinski definition) is 2. The van der Waals surface area contributed by atoms with E-state index in [4.69, 9.17) is 21.9 Å². The van der Waals surface area contributed by atoms with Gasteiger partial charge >= 0.3 is 0 Å². The first-order valence-electron chi connectivity index (χ1n) is 12.3. The molecular formula is C27H29ClF3N3O2Si. The third kappa shape index (κ3) is 5.20. The van der Waals surface area contributed by atoms with Gasteiger partial charge < -0.3 is 15.2 Å². The first-order valence-corrected chi connectivity index (χ1v) is 15.3. The predicted molar refractivity (Wildman–Crippen MR) is 142 cm³/mol. The van der Waals surface area contributed by atoms with Gasteiger partial charge in [0.15, 0.2) is 5.69 Å². The van der Waals surface area contributed by atoms with Gasteiger partial charge in [-0.2, -0.15) is 0 Å². The summed E-state index contributed by atoms with van der Waals surface area (Å²) in [5, 5.41) is 5.57. The number of carbonyl (C=O) groups is 1. The summed E-state index contributed by atoms with van der Waals surface area (Å²) in [5.41, 5.74) is 6.70. The highest BCUT2D eigenvalue weighted by Crippen LogP contribution is 2.31. The fourth-order valence-electron chi connectivity index (χ4n) is 5.24. The molecule has 5 nitrogen and oxygen atoms in total. The molecule has 0 aliphatic rings. The van der Waals surface area contributed by atoms with E-state index in [2.05, 4.69) is 30.9 Å². The van der Waals surface area contributed by atoms with Crippen molar-refractivity contribution in [3.63, 3.8) is 0 Å². The molecule has 0 bridgehead atoms. The molecule has 0 fully saturated rings. The molecule has 37 heavy (non-hydrogen) atoms. The van der Waals surface area contributed by atoms with Crippen molar-refractivity contribution in [3.05, 3.63) is 81.0 Å². The van der Waals surface area contributed by atoms with Crippen LogP contribution in [-0.4, -0.2) is 24.1 Å². The van der Waals surface area contributed by atoms with Crippen molar-refractivity contribution in [2.45, 2.75) is 58.2 Å². The molecule has 196 valence electrons. The number of nitrogens with zero attached hydrogens (tertiary/aromatic N) is 1. The van der Waals surface area contributed by atoms with Crippen molar-refractivity contribution < 1.29 is 22.5 Å². The zero-order valence-electron chi connectivity index (χ0n) is 21.0. The Kier molecular flexibility index (Phi) is 7.85. The van der Waals surface area contributed by atoms with E-state index in [1.165, 1.54) is 18.2 Å². The number of hydrogen-bond acceptors (Lipinski definition) is 3. The lowest BCUT2D eigenvalue weighted by Gasteiger charge is -2.28. The average Bonchev–Trinajstić information content (AvgIpc) is 3.47. The first kappa shape index (κ1) is 27.0. The van der Waals surface area contributed by atoms with Gasteiger partial charge in [-0.3, -0.25) is 4.79 Å². The zero-order chi connectivity index (χ0) is 26.9. The number of H-pyrrole nitrogens is 1. The molecule has 4 aromatic rings. The van der Waals surface area contributed by atoms with Crippen LogP contribution in [0.1, 0.15) is 53.7 Å². The molecule has 0 atom stereocenters. The lowest BCUT2D eigenvalue weighted by atomic mass is 9.99. The highest BCUT2D eigenvalue weighted by Gasteiger charge is 2.34. The van der Waals surface area contributed by atoms with E-state index in [0.717, 1.165) is 35.1 Å². The Labute approximate surface area is 219 Å². The van der Waals surface area contributed by atoms with Gasteiger partial charge in [-0.15, -0.1) is 0 Å². The Morgan fingerprint density at radius 1 is 1.03 bits per heavy atom. The summed E-state index contributed by atoms with van der Waals surface area (Å²) < 4.78 is 50.0. The molecule has 0 saturated carbocycles. The SMILES string of the molecule is CC[Si](CC)(CC)c1[nH]c2c(F)cc(Cl)cc2c1CCc1cc(F)cc(Cc2cc(C(N)=O)no2)c1F. The molecule has 2 heterocycles. The zero-order valence-corrected chi connectivity index (χ0v) is 22.7. The van der Waals surface area contributed by atoms with Gasteiger partial charge in [-0.25, -0.2) is 13.2 Å². The summed E-state index contributed by atoms with van der Waals surface area (Å²) in [5.74, 6) is -2.16. The number of fused-ring (bicyclic) bond motifs is 1. The number of nitrogens with one attached hydrogen (secondary N) is 1. The van der Waals surface area contributed by atoms with Crippen LogP contribution in [0.4, 0.5) is 13.2 Å². The monoisotopic (exact) mass is 547 g/mol. The number of aromatic amines is 1. The largest absolute Gasteiger partial charge is 0.364 e. The third-order valence-electron chi connectivity index (χ3n) is 7.50. The number of rotatable bonds is 10. The highest BCUT2D eigenvalue weighted by atomic mass is 35.5. The third-order valence-corrected chi connectivity index (χ3v) is 13.3. The normalized spacial score (nSPS) is 12.0. The van der Waals surface area contributed by atoms with Gasteiger partial charge in [0.25, 0.3) is 5.91 Å². The van der Waals surface area contributed by atoms with E-state index in [9.17, 15) is 13.6 Å². The van der Waals surface area contributed by atoms with Crippen LogP contribution in [0.3, 0.4) is 0 Å². The lowest BCUT2D eigenvalue weighted by molar-refractivity contribution is 0.0991. The quantitative estimate of drug-likeness (QED) is 0.225. The van der Waals surface area contributed by atoms with Crippen LogP contribution in [0, 0.1) is 17.5 Å². The van der Waals surface area contributed by atoms with Crippen molar-refractivity contribution in [1.29, 1.82) is 0 Å². The first-order chi connectivity index (χ1) is 17.6. The van der Waals surface area contributed by atoms with Gasteiger partial charge in [0, 0.05) is 28.2 Å². The standard InChI is InChI=1S/C27H29ClF3N3O2Si/c1-4-37(5-2,6-3)27-20(21-12-17(28)13-22(30)25(21)33-27)8-7-15-9-18(29)10-16(24(15)31)11-19-14-23(26(32)35)34-36-19/h9-10,12-14,33H,4-8,11H2,1-3H3,(H2,32,35). The van der Waals surface area contributed by atoms with Crippen molar-refractivity contribution >= 4 is 41.8 Å². The number of aromatic nitrogens is 2. The minimum Gasteiger partial charge on any atom is -0.364 e. The molecule has 0 radical (unpaired) electrons. The van der Waals surface area contributed by atoms with Gasteiger partial charge in [-0.05, 0) is 53.8 Å². The molecule has 0 saturated heterocycles. The van der Waals surface area contributed by atoms with Crippen LogP contribution in [-0.2, 0) is 19.3 Å². The van der Waals surface area contributed by atoms with Crippen LogP contribution in [0.5, 0.6) is 0 Å².